The van der Waals surface area contributed by atoms with Crippen LogP contribution in [0.5, 0.6) is 0 Å². The van der Waals surface area contributed by atoms with Gasteiger partial charge in [0.05, 0.1) is 9.79 Å². The number of rotatable bonds is 6. The summed E-state index contributed by atoms with van der Waals surface area (Å²) < 4.78 is 62.6. The molecule has 0 heterocycles. The normalized spacial score (nSPS) is 11.2. The monoisotopic (exact) mass is 417 g/mol. The second kappa shape index (κ2) is 10.6. The van der Waals surface area contributed by atoms with Gasteiger partial charge in [0.15, 0.2) is 0 Å². The summed E-state index contributed by atoms with van der Waals surface area (Å²) in [6.07, 6.45) is 0. The molecule has 2 aromatic carbocycles. The molecule has 0 fully saturated rings. The molecule has 7 nitrogen and oxygen atoms in total. The van der Waals surface area contributed by atoms with Crippen molar-refractivity contribution in [2.24, 2.45) is 0 Å². The van der Waals surface area contributed by atoms with Crippen molar-refractivity contribution in [1.29, 1.82) is 0 Å². The van der Waals surface area contributed by atoms with E-state index in [1.807, 2.05) is 11.8 Å². The van der Waals surface area contributed by atoms with Gasteiger partial charge in [0.2, 0.25) is 0 Å². The Morgan fingerprint density at radius 3 is 1.85 bits per heavy atom. The van der Waals surface area contributed by atoms with Crippen molar-refractivity contribution in [2.75, 3.05) is 11.4 Å². The summed E-state index contributed by atoms with van der Waals surface area (Å²) in [6.45, 7) is 2.84. The van der Waals surface area contributed by atoms with Crippen molar-refractivity contribution in [1.82, 2.24) is 0 Å². The van der Waals surface area contributed by atoms with Crippen molar-refractivity contribution in [2.45, 2.75) is 23.3 Å². The minimum Gasteiger partial charge on any atom is -0.367 e. The van der Waals surface area contributed by atoms with Gasteiger partial charge in [-0.1, -0.05) is 12.1 Å². The predicted octanol–water partition coefficient (Wildman–Crippen LogP) is 1.44. The standard InChI is InChI=1S/C15H17NO6S2.2Na/c1-2-16(13-6-8-14(9-7-13)23(17,18)19)11-12-4-3-5-15(10-12)24(20,21)22;;/h3-10H,2,11H2,1H3,(H,17,18,19)(H,20,21,22);;. The topological polar surface area (TPSA) is 112 Å². The van der Waals surface area contributed by atoms with Crippen molar-refractivity contribution in [3.8, 4) is 0 Å². The Bertz CT molecular complexity index is 931. The average Bonchev–Trinajstić information content (AvgIpc) is 2.51. The first-order chi connectivity index (χ1) is 11.1. The number of hydrogen-bond donors (Lipinski definition) is 2. The van der Waals surface area contributed by atoms with Gasteiger partial charge in [-0.3, -0.25) is 9.11 Å². The van der Waals surface area contributed by atoms with Gasteiger partial charge in [-0.2, -0.15) is 16.8 Å². The van der Waals surface area contributed by atoms with Crippen LogP contribution in [0.4, 0.5) is 5.69 Å². The van der Waals surface area contributed by atoms with Crippen LogP contribution in [0.1, 0.15) is 12.5 Å². The van der Waals surface area contributed by atoms with E-state index in [1.54, 1.807) is 18.2 Å². The number of anilines is 1. The minimum atomic E-state index is -4.27. The third-order valence-corrected chi connectivity index (χ3v) is 5.17. The molecule has 0 saturated heterocycles. The summed E-state index contributed by atoms with van der Waals surface area (Å²) in [6, 6.07) is 11.6. The average molecular weight is 417 g/mol. The Hall–Kier alpha value is 0.0600. The Morgan fingerprint density at radius 1 is 0.846 bits per heavy atom. The second-order valence-corrected chi connectivity index (χ2v) is 7.95. The summed E-state index contributed by atoms with van der Waals surface area (Å²) >= 11 is 0. The van der Waals surface area contributed by atoms with Crippen LogP contribution in [0.3, 0.4) is 0 Å². The SMILES string of the molecule is CCN(Cc1cccc(S(=O)(=O)O)c1)c1ccc(S(=O)(=O)O)cc1.[Na].[Na]. The Kier molecular flexibility index (Phi) is 10.6. The maximum absolute atomic E-state index is 11.2. The molecule has 2 rings (SSSR count). The summed E-state index contributed by atoms with van der Waals surface area (Å²) in [5.74, 6) is 0. The summed E-state index contributed by atoms with van der Waals surface area (Å²) in [5.41, 5.74) is 1.38. The fraction of sp³-hybridized carbons (Fsp3) is 0.200. The van der Waals surface area contributed by atoms with Crippen molar-refractivity contribution < 1.29 is 25.9 Å². The van der Waals surface area contributed by atoms with E-state index in [0.717, 1.165) is 0 Å². The van der Waals surface area contributed by atoms with Crippen LogP contribution in [0, 0.1) is 0 Å². The largest absolute Gasteiger partial charge is 0.367 e. The third kappa shape index (κ3) is 7.23. The van der Waals surface area contributed by atoms with Gasteiger partial charge in [-0.05, 0) is 48.9 Å². The van der Waals surface area contributed by atoms with Gasteiger partial charge >= 0.3 is 0 Å². The van der Waals surface area contributed by atoms with Crippen molar-refractivity contribution in [3.05, 3.63) is 54.1 Å². The fourth-order valence-electron chi connectivity index (χ4n) is 2.24. The van der Waals surface area contributed by atoms with Crippen LogP contribution in [0.25, 0.3) is 0 Å². The Balaban J connectivity index is 0.00000312. The van der Waals surface area contributed by atoms with E-state index in [4.69, 9.17) is 9.11 Å². The van der Waals surface area contributed by atoms with E-state index >= 15 is 0 Å². The van der Waals surface area contributed by atoms with Crippen LogP contribution in [-0.2, 0) is 26.8 Å². The molecule has 0 spiro atoms. The van der Waals surface area contributed by atoms with Gasteiger partial charge in [-0.15, -0.1) is 0 Å². The van der Waals surface area contributed by atoms with Crippen LogP contribution in [0.15, 0.2) is 58.3 Å². The molecule has 0 amide bonds. The van der Waals surface area contributed by atoms with Gasteiger partial charge in [0.25, 0.3) is 20.2 Å². The third-order valence-electron chi connectivity index (χ3n) is 3.45. The first-order valence-corrected chi connectivity index (χ1v) is 9.88. The zero-order valence-corrected chi connectivity index (χ0v) is 20.5. The molecular formula is C15H17NNa2O6S2. The number of nitrogens with zero attached hydrogens (tertiary/aromatic N) is 1. The van der Waals surface area contributed by atoms with Crippen LogP contribution < -0.4 is 4.90 Å². The van der Waals surface area contributed by atoms with Gasteiger partial charge < -0.3 is 4.90 Å². The number of benzene rings is 2. The van der Waals surface area contributed by atoms with E-state index in [9.17, 15) is 16.8 Å². The van der Waals surface area contributed by atoms with Crippen molar-refractivity contribution in [3.63, 3.8) is 0 Å². The molecule has 132 valence electrons. The summed E-state index contributed by atoms with van der Waals surface area (Å²) in [7, 11) is -8.51. The minimum absolute atomic E-state index is 0. The molecule has 26 heavy (non-hydrogen) atoms. The Labute approximate surface area is 197 Å². The van der Waals surface area contributed by atoms with Crippen molar-refractivity contribution >= 4 is 85.0 Å². The molecular weight excluding hydrogens is 400 g/mol. The molecule has 2 radical (unpaired) electrons. The zero-order valence-electron chi connectivity index (χ0n) is 14.8. The van der Waals surface area contributed by atoms with E-state index in [2.05, 4.69) is 0 Å². The fourth-order valence-corrected chi connectivity index (χ4v) is 3.27. The quantitative estimate of drug-likeness (QED) is 0.540. The van der Waals surface area contributed by atoms with Crippen LogP contribution >= 0.6 is 0 Å². The summed E-state index contributed by atoms with van der Waals surface area (Å²) in [4.78, 5) is 1.50. The maximum atomic E-state index is 11.2. The zero-order chi connectivity index (χ0) is 18.0. The van der Waals surface area contributed by atoms with E-state index in [1.165, 1.54) is 30.3 Å². The first-order valence-electron chi connectivity index (χ1n) is 7.00. The molecule has 2 aromatic rings. The Morgan fingerprint density at radius 2 is 1.38 bits per heavy atom. The van der Waals surface area contributed by atoms with Gasteiger partial charge in [-0.25, -0.2) is 0 Å². The van der Waals surface area contributed by atoms with E-state index < -0.39 is 20.2 Å². The molecule has 0 bridgehead atoms. The molecule has 0 aliphatic heterocycles. The molecule has 0 unspecified atom stereocenters. The second-order valence-electron chi connectivity index (χ2n) is 5.11. The summed E-state index contributed by atoms with van der Waals surface area (Å²) in [5, 5.41) is 0. The van der Waals surface area contributed by atoms with Crippen LogP contribution in [-0.4, -0.2) is 91.6 Å². The van der Waals surface area contributed by atoms with Gasteiger partial charge in [0.1, 0.15) is 0 Å². The molecule has 0 saturated carbocycles. The smallest absolute Gasteiger partial charge is 0.294 e. The van der Waals surface area contributed by atoms with E-state index in [-0.39, 0.29) is 68.9 Å². The number of hydrogen-bond acceptors (Lipinski definition) is 5. The molecule has 0 aromatic heterocycles. The maximum Gasteiger partial charge on any atom is 0.294 e. The molecule has 0 atom stereocenters. The van der Waals surface area contributed by atoms with Crippen LogP contribution in [0.2, 0.25) is 0 Å². The molecule has 0 aliphatic rings. The molecule has 0 aliphatic carbocycles. The predicted molar refractivity (Wildman–Crippen MR) is 101 cm³/mol. The molecule has 11 heteroatoms. The van der Waals surface area contributed by atoms with E-state index in [0.29, 0.717) is 24.3 Å². The van der Waals surface area contributed by atoms with Gasteiger partial charge in [0, 0.05) is 77.9 Å². The molecule has 2 N–H and O–H groups in total. The first kappa shape index (κ1) is 26.1.